The summed E-state index contributed by atoms with van der Waals surface area (Å²) in [6, 6.07) is 11.3. The molecule has 0 bridgehead atoms. The number of hydrogen-bond acceptors (Lipinski definition) is 10. The van der Waals surface area contributed by atoms with Gasteiger partial charge in [-0.05, 0) is 109 Å². The van der Waals surface area contributed by atoms with E-state index in [4.69, 9.17) is 18.8 Å². The summed E-state index contributed by atoms with van der Waals surface area (Å²) in [6.07, 6.45) is 13.6. The van der Waals surface area contributed by atoms with E-state index in [-0.39, 0.29) is 81.4 Å². The zero-order chi connectivity index (χ0) is 42.6. The molecule has 4 aromatic carbocycles. The molecule has 2 aliphatic carbocycles. The third-order valence-electron chi connectivity index (χ3n) is 13.1. The van der Waals surface area contributed by atoms with E-state index in [2.05, 4.69) is 0 Å². The number of fused-ring (bicyclic) bond motifs is 2. The average molecular weight is 813 g/mol. The molecule has 10 nitrogen and oxygen atoms in total. The highest BCUT2D eigenvalue weighted by atomic mass is 16.3. The molecule has 0 aliphatic heterocycles. The van der Waals surface area contributed by atoms with Gasteiger partial charge >= 0.3 is 0 Å². The molecule has 2 aliphatic rings. The molecule has 4 unspecified atom stereocenters. The molecule has 2 aromatic heterocycles. The minimum absolute atomic E-state index is 0.0562. The summed E-state index contributed by atoms with van der Waals surface area (Å²) in [5.41, 5.74) is 3.25. The van der Waals surface area contributed by atoms with Gasteiger partial charge < -0.3 is 39.5 Å². The second-order valence-electron chi connectivity index (χ2n) is 17.7. The minimum Gasteiger partial charge on any atom is -0.507 e. The summed E-state index contributed by atoms with van der Waals surface area (Å²) in [4.78, 5) is 9.98. The first-order valence-corrected chi connectivity index (χ1v) is 21.4. The topological polar surface area (TPSA) is 172 Å². The van der Waals surface area contributed by atoms with Crippen LogP contribution in [0.1, 0.15) is 123 Å². The molecule has 4 atom stereocenters. The average Bonchev–Trinajstić information content (AvgIpc) is 4.05. The number of rotatable bonds is 11. The highest BCUT2D eigenvalue weighted by molar-refractivity contribution is 6.15. The maximum Gasteiger partial charge on any atom is 0.167 e. The third kappa shape index (κ3) is 7.13. The zero-order valence-electron chi connectivity index (χ0n) is 35.3. The van der Waals surface area contributed by atoms with Crippen molar-refractivity contribution in [3.05, 3.63) is 93.8 Å². The van der Waals surface area contributed by atoms with E-state index in [0.717, 1.165) is 62.9 Å². The zero-order valence-corrected chi connectivity index (χ0v) is 35.3. The summed E-state index contributed by atoms with van der Waals surface area (Å²) in [6.45, 7) is 11.4. The standard InChI is InChI=1S/C50H56N2O8/c1-25(2)39-33-19-27(5)41(47(55)43(33)35(45(53)49(39)57)23-51-37-15-7-11-29(37)21-31-13-9-17-59-31)42-28(6)20-34-40(26(3)4)50(58)46(54)36(44(34)48(42)56)24-52-38-16-8-12-30(38)22-32-14-10-18-60-32/h9-10,13-14,17-20,23-26,29-30,37-38,53-58H,7-8,11-12,15-16,21-22H2,1-6H3. The summed E-state index contributed by atoms with van der Waals surface area (Å²) in [5.74, 6) is 0.156. The number of aryl methyl sites for hydroxylation is 2. The van der Waals surface area contributed by atoms with Crippen LogP contribution in [0.25, 0.3) is 32.7 Å². The quantitative estimate of drug-likeness (QED) is 0.0554. The summed E-state index contributed by atoms with van der Waals surface area (Å²) < 4.78 is 11.3. The van der Waals surface area contributed by atoms with E-state index in [0.29, 0.717) is 54.9 Å². The van der Waals surface area contributed by atoms with E-state index >= 15 is 0 Å². The molecule has 0 saturated heterocycles. The summed E-state index contributed by atoms with van der Waals surface area (Å²) in [7, 11) is 0. The molecule has 314 valence electrons. The Bertz CT molecular complexity index is 2440. The van der Waals surface area contributed by atoms with Crippen LogP contribution in [0.5, 0.6) is 34.5 Å². The first-order chi connectivity index (χ1) is 28.8. The van der Waals surface area contributed by atoms with Gasteiger partial charge in [-0.1, -0.05) is 52.7 Å². The number of phenols is 6. The van der Waals surface area contributed by atoms with Gasteiger partial charge in [0.2, 0.25) is 0 Å². The minimum atomic E-state index is -0.377. The SMILES string of the molecule is Cc1cc2c(C(C)C)c(O)c(O)c(C=NC3CCCC3Cc3ccco3)c2c(O)c1-c1c(C)cc2c(C(C)C)c(O)c(O)c(C=NC3CCCC3Cc3ccco3)c2c1O. The Kier molecular flexibility index (Phi) is 11.1. The van der Waals surface area contributed by atoms with Gasteiger partial charge in [0.05, 0.1) is 24.6 Å². The molecule has 10 heteroatoms. The molecule has 0 radical (unpaired) electrons. The first-order valence-electron chi connectivity index (χ1n) is 21.4. The van der Waals surface area contributed by atoms with Crippen molar-refractivity contribution in [3.63, 3.8) is 0 Å². The number of aromatic hydroxyl groups is 6. The fourth-order valence-electron chi connectivity index (χ4n) is 10.2. The largest absolute Gasteiger partial charge is 0.507 e. The number of benzene rings is 4. The maximum absolute atomic E-state index is 12.6. The molecule has 0 spiro atoms. The lowest BCUT2D eigenvalue weighted by atomic mass is 9.83. The third-order valence-corrected chi connectivity index (χ3v) is 13.1. The second kappa shape index (κ2) is 16.3. The number of aliphatic imine (C=N–C) groups is 2. The van der Waals surface area contributed by atoms with E-state index in [1.165, 1.54) is 0 Å². The number of hydrogen-bond donors (Lipinski definition) is 6. The predicted molar refractivity (Wildman–Crippen MR) is 237 cm³/mol. The maximum atomic E-state index is 12.6. The van der Waals surface area contributed by atoms with E-state index in [1.807, 2.05) is 77.9 Å². The van der Waals surface area contributed by atoms with Gasteiger partial charge in [-0.2, -0.15) is 0 Å². The van der Waals surface area contributed by atoms with Crippen molar-refractivity contribution in [2.75, 3.05) is 0 Å². The molecular weight excluding hydrogens is 757 g/mol. The second-order valence-corrected chi connectivity index (χ2v) is 17.7. The molecule has 6 aromatic rings. The number of furan rings is 2. The van der Waals surface area contributed by atoms with Gasteiger partial charge in [-0.25, -0.2) is 0 Å². The van der Waals surface area contributed by atoms with Gasteiger partial charge in [0, 0.05) is 69.4 Å². The summed E-state index contributed by atoms with van der Waals surface area (Å²) in [5, 5.41) is 73.4. The van der Waals surface area contributed by atoms with Crippen LogP contribution in [0.3, 0.4) is 0 Å². The van der Waals surface area contributed by atoms with Crippen molar-refractivity contribution in [1.82, 2.24) is 0 Å². The Balaban J connectivity index is 1.32. The molecule has 2 heterocycles. The van der Waals surface area contributed by atoms with Gasteiger partial charge in [-0.15, -0.1) is 0 Å². The predicted octanol–water partition coefficient (Wildman–Crippen LogP) is 11.6. The summed E-state index contributed by atoms with van der Waals surface area (Å²) >= 11 is 0. The molecule has 8 rings (SSSR count). The van der Waals surface area contributed by atoms with Crippen LogP contribution >= 0.6 is 0 Å². The fourth-order valence-corrected chi connectivity index (χ4v) is 10.2. The Morgan fingerprint density at radius 3 is 1.33 bits per heavy atom. The van der Waals surface area contributed by atoms with Gasteiger partial charge in [0.1, 0.15) is 23.0 Å². The van der Waals surface area contributed by atoms with Crippen molar-refractivity contribution in [1.29, 1.82) is 0 Å². The van der Waals surface area contributed by atoms with Crippen LogP contribution in [0, 0.1) is 25.7 Å². The van der Waals surface area contributed by atoms with E-state index in [9.17, 15) is 30.6 Å². The Labute approximate surface area is 350 Å². The van der Waals surface area contributed by atoms with Crippen LogP contribution in [0.15, 0.2) is 67.7 Å². The Morgan fingerprint density at radius 2 is 0.983 bits per heavy atom. The number of nitrogens with zero attached hydrogens (tertiary/aromatic N) is 2. The molecule has 60 heavy (non-hydrogen) atoms. The van der Waals surface area contributed by atoms with E-state index < -0.39 is 0 Å². The van der Waals surface area contributed by atoms with E-state index in [1.54, 1.807) is 25.0 Å². The highest BCUT2D eigenvalue weighted by Crippen LogP contribution is 2.54. The van der Waals surface area contributed by atoms with Crippen molar-refractivity contribution in [2.24, 2.45) is 21.8 Å². The van der Waals surface area contributed by atoms with Crippen molar-refractivity contribution in [3.8, 4) is 45.6 Å². The van der Waals surface area contributed by atoms with Crippen molar-refractivity contribution < 1.29 is 39.5 Å². The van der Waals surface area contributed by atoms with Gasteiger partial charge in [-0.3, -0.25) is 9.98 Å². The van der Waals surface area contributed by atoms with Crippen LogP contribution in [0.2, 0.25) is 0 Å². The molecule has 0 amide bonds. The molecular formula is C50H56N2O8. The fraction of sp³-hybridized carbons (Fsp3) is 0.400. The normalized spacial score (nSPS) is 19.8. The Hall–Kier alpha value is -5.90. The van der Waals surface area contributed by atoms with Crippen molar-refractivity contribution >= 4 is 34.0 Å². The number of phenolic OH excluding ortho intramolecular Hbond substituents is 6. The Morgan fingerprint density at radius 1 is 0.583 bits per heavy atom. The van der Waals surface area contributed by atoms with Gasteiger partial charge in [0.25, 0.3) is 0 Å². The highest BCUT2D eigenvalue weighted by Gasteiger charge is 2.32. The monoisotopic (exact) mass is 812 g/mol. The van der Waals surface area contributed by atoms with Crippen LogP contribution in [0.4, 0.5) is 0 Å². The van der Waals surface area contributed by atoms with Crippen LogP contribution in [-0.2, 0) is 12.8 Å². The van der Waals surface area contributed by atoms with Gasteiger partial charge in [0.15, 0.2) is 23.0 Å². The lowest BCUT2D eigenvalue weighted by molar-refractivity contribution is 0.398. The first kappa shape index (κ1) is 40.9. The lowest BCUT2D eigenvalue weighted by Crippen LogP contribution is -2.14. The van der Waals surface area contributed by atoms with Crippen molar-refractivity contribution in [2.45, 2.75) is 117 Å². The van der Waals surface area contributed by atoms with Crippen LogP contribution in [-0.4, -0.2) is 55.2 Å². The smallest absolute Gasteiger partial charge is 0.167 e. The molecule has 6 N–H and O–H groups in total. The molecule has 2 saturated carbocycles. The van der Waals surface area contributed by atoms with Crippen LogP contribution < -0.4 is 0 Å². The molecule has 2 fully saturated rings. The lowest BCUT2D eigenvalue weighted by Gasteiger charge is -2.24.